The van der Waals surface area contributed by atoms with Gasteiger partial charge in [0.1, 0.15) is 0 Å². The lowest BCUT2D eigenvalue weighted by molar-refractivity contribution is -0.137. The van der Waals surface area contributed by atoms with Gasteiger partial charge < -0.3 is 15.2 Å². The molecule has 1 saturated heterocycles. The average molecular weight is 450 g/mol. The summed E-state index contributed by atoms with van der Waals surface area (Å²) >= 11 is 0. The third-order valence-electron chi connectivity index (χ3n) is 5.82. The van der Waals surface area contributed by atoms with Crippen LogP contribution < -0.4 is 5.32 Å². The lowest BCUT2D eigenvalue weighted by Gasteiger charge is -2.36. The molecule has 0 radical (unpaired) electrons. The first-order valence-corrected chi connectivity index (χ1v) is 13.0. The normalized spacial score (nSPS) is 15.2. The molecule has 0 amide bonds. The summed E-state index contributed by atoms with van der Waals surface area (Å²) in [5, 5.41) is 11.8. The van der Waals surface area contributed by atoms with E-state index in [1.54, 1.807) is 0 Å². The highest BCUT2D eigenvalue weighted by Gasteiger charge is 2.30. The third-order valence-corrected chi connectivity index (χ3v) is 5.82. The van der Waals surface area contributed by atoms with E-state index in [0.29, 0.717) is 6.42 Å². The van der Waals surface area contributed by atoms with Crippen molar-refractivity contribution < 1.29 is 14.6 Å². The van der Waals surface area contributed by atoms with Gasteiger partial charge in [0.05, 0.1) is 12.2 Å². The number of hydrogen-bond acceptors (Lipinski definition) is 3. The van der Waals surface area contributed by atoms with Crippen LogP contribution in [-0.4, -0.2) is 36.4 Å². The minimum absolute atomic E-state index is 0.0677. The number of morpholine rings is 1. The molecule has 2 N–H and O–H groups in total. The first-order chi connectivity index (χ1) is 15.6. The van der Waals surface area contributed by atoms with Crippen LogP contribution in [0.2, 0.25) is 0 Å². The smallest absolute Gasteiger partial charge is 0.303 e. The zero-order chi connectivity index (χ0) is 23.8. The van der Waals surface area contributed by atoms with Crippen LogP contribution in [0.5, 0.6) is 0 Å². The monoisotopic (exact) mass is 449 g/mol. The molecule has 1 aliphatic rings. The molecule has 0 aromatic rings. The van der Waals surface area contributed by atoms with Crippen LogP contribution in [0.25, 0.3) is 0 Å². The minimum atomic E-state index is -0.664. The van der Waals surface area contributed by atoms with Crippen molar-refractivity contribution in [1.82, 2.24) is 5.32 Å². The van der Waals surface area contributed by atoms with Crippen LogP contribution in [-0.2, 0) is 9.53 Å². The Bertz CT molecular complexity index is 469. The van der Waals surface area contributed by atoms with Gasteiger partial charge in [-0.05, 0) is 44.9 Å². The number of carbonyl (C=O) groups is 1. The lowest BCUT2D eigenvalue weighted by Crippen LogP contribution is -2.49. The maximum absolute atomic E-state index is 10.3. The van der Waals surface area contributed by atoms with Crippen LogP contribution in [0, 0.1) is 0 Å². The second kappa shape index (κ2) is 22.8. The van der Waals surface area contributed by atoms with Crippen molar-refractivity contribution in [2.24, 2.45) is 0 Å². The minimum Gasteiger partial charge on any atom is -0.481 e. The van der Waals surface area contributed by atoms with E-state index in [9.17, 15) is 4.79 Å². The molecule has 0 aromatic heterocycles. The molecule has 1 fully saturated rings. The fourth-order valence-electron chi connectivity index (χ4n) is 3.93. The number of rotatable bonds is 19. The van der Waals surface area contributed by atoms with Crippen molar-refractivity contribution in [1.29, 1.82) is 0 Å². The molecule has 1 rings (SSSR count). The van der Waals surface area contributed by atoms with Crippen LogP contribution in [0.1, 0.15) is 110 Å². The van der Waals surface area contributed by atoms with Crippen molar-refractivity contribution in [3.05, 3.63) is 37.5 Å². The van der Waals surface area contributed by atoms with Crippen LogP contribution >= 0.6 is 0 Å². The van der Waals surface area contributed by atoms with Gasteiger partial charge >= 0.3 is 5.97 Å². The molecule has 0 bridgehead atoms. The fraction of sp³-hybridized carbons (Fsp3) is 0.750. The van der Waals surface area contributed by atoms with E-state index in [-0.39, 0.29) is 5.60 Å². The van der Waals surface area contributed by atoms with Gasteiger partial charge in [0.15, 0.2) is 0 Å². The Morgan fingerprint density at radius 2 is 1.44 bits per heavy atom. The Hall–Kier alpha value is -1.39. The first-order valence-electron chi connectivity index (χ1n) is 13.0. The standard InChI is InChI=1S/C18H34O2.C10H17NO/c1-2-3-4-5-6-7-8-9-10-11-12-13-14-15-16-17-18(19)20;1-3-5-10(6-4-2)9-11-7-8-12-10/h9-10H,2-8,11-17H2,1H3,(H,19,20);3-4,11H,1-2,5-9H2. The van der Waals surface area contributed by atoms with Gasteiger partial charge in [-0.25, -0.2) is 0 Å². The molecule has 1 heterocycles. The number of unbranched alkanes of at least 4 members (excludes halogenated alkanes) is 11. The van der Waals surface area contributed by atoms with Gasteiger partial charge in [0.25, 0.3) is 0 Å². The summed E-state index contributed by atoms with van der Waals surface area (Å²) in [6, 6.07) is 0. The molecular formula is C28H51NO3. The number of hydrogen-bond donors (Lipinski definition) is 2. The molecule has 32 heavy (non-hydrogen) atoms. The molecule has 0 aliphatic carbocycles. The highest BCUT2D eigenvalue weighted by atomic mass is 16.5. The first kappa shape index (κ1) is 30.6. The summed E-state index contributed by atoms with van der Waals surface area (Å²) in [6.45, 7) is 12.4. The summed E-state index contributed by atoms with van der Waals surface area (Å²) in [5.74, 6) is -0.664. The quantitative estimate of drug-likeness (QED) is 0.157. The molecule has 0 saturated carbocycles. The molecule has 0 spiro atoms. The fourth-order valence-corrected chi connectivity index (χ4v) is 3.93. The lowest BCUT2D eigenvalue weighted by atomic mass is 9.94. The molecule has 4 nitrogen and oxygen atoms in total. The number of ether oxygens (including phenoxy) is 1. The van der Waals surface area contributed by atoms with Crippen LogP contribution in [0.15, 0.2) is 37.5 Å². The van der Waals surface area contributed by atoms with E-state index >= 15 is 0 Å². The van der Waals surface area contributed by atoms with Gasteiger partial charge in [-0.15, -0.1) is 13.2 Å². The summed E-state index contributed by atoms with van der Waals surface area (Å²) in [5.41, 5.74) is -0.0677. The second-order valence-electron chi connectivity index (χ2n) is 8.92. The number of allylic oxidation sites excluding steroid dienone is 2. The number of carboxylic acid groups (broad SMARTS) is 1. The highest BCUT2D eigenvalue weighted by molar-refractivity contribution is 5.66. The van der Waals surface area contributed by atoms with E-state index < -0.39 is 5.97 Å². The van der Waals surface area contributed by atoms with Gasteiger partial charge in [-0.1, -0.05) is 82.6 Å². The van der Waals surface area contributed by atoms with E-state index in [1.165, 1.54) is 70.6 Å². The van der Waals surface area contributed by atoms with Crippen molar-refractivity contribution in [2.45, 2.75) is 115 Å². The summed E-state index contributed by atoms with van der Waals surface area (Å²) in [7, 11) is 0. The average Bonchev–Trinajstić information content (AvgIpc) is 2.78. The Morgan fingerprint density at radius 1 is 0.906 bits per heavy atom. The molecule has 0 atom stereocenters. The van der Waals surface area contributed by atoms with E-state index in [1.807, 2.05) is 12.2 Å². The number of carboxylic acids is 1. The van der Waals surface area contributed by atoms with Gasteiger partial charge in [0.2, 0.25) is 0 Å². The predicted molar refractivity (Wildman–Crippen MR) is 138 cm³/mol. The summed E-state index contributed by atoms with van der Waals surface area (Å²) in [6.07, 6.45) is 26.9. The third kappa shape index (κ3) is 19.3. The van der Waals surface area contributed by atoms with E-state index in [4.69, 9.17) is 9.84 Å². The molecule has 1 aliphatic heterocycles. The molecule has 186 valence electrons. The largest absolute Gasteiger partial charge is 0.481 e. The van der Waals surface area contributed by atoms with Crippen molar-refractivity contribution in [3.8, 4) is 0 Å². The van der Waals surface area contributed by atoms with E-state index in [0.717, 1.165) is 45.4 Å². The Labute approximate surface area is 198 Å². The Morgan fingerprint density at radius 3 is 1.91 bits per heavy atom. The summed E-state index contributed by atoms with van der Waals surface area (Å²) in [4.78, 5) is 10.3. The molecule has 0 unspecified atom stereocenters. The van der Waals surface area contributed by atoms with Crippen molar-refractivity contribution >= 4 is 5.97 Å². The zero-order valence-corrected chi connectivity index (χ0v) is 20.9. The Balaban J connectivity index is 0.000000677. The molecular weight excluding hydrogens is 398 g/mol. The SMILES string of the molecule is C=CCC1(CC=C)CNCCO1.CCCCCCCCC=CCCCCCCCC(=O)O. The van der Waals surface area contributed by atoms with E-state index in [2.05, 4.69) is 37.6 Å². The highest BCUT2D eigenvalue weighted by Crippen LogP contribution is 2.23. The maximum Gasteiger partial charge on any atom is 0.303 e. The maximum atomic E-state index is 10.3. The topological polar surface area (TPSA) is 58.6 Å². The van der Waals surface area contributed by atoms with Crippen LogP contribution in [0.3, 0.4) is 0 Å². The molecule has 4 heteroatoms. The number of nitrogens with one attached hydrogen (secondary N) is 1. The van der Waals surface area contributed by atoms with Crippen molar-refractivity contribution in [3.63, 3.8) is 0 Å². The Kier molecular flexibility index (Phi) is 21.8. The second-order valence-corrected chi connectivity index (χ2v) is 8.92. The van der Waals surface area contributed by atoms with Gasteiger partial charge in [0, 0.05) is 19.5 Å². The van der Waals surface area contributed by atoms with Gasteiger partial charge in [-0.3, -0.25) is 4.79 Å². The van der Waals surface area contributed by atoms with Crippen molar-refractivity contribution in [2.75, 3.05) is 19.7 Å². The molecule has 0 aromatic carbocycles. The van der Waals surface area contributed by atoms with Gasteiger partial charge in [-0.2, -0.15) is 0 Å². The predicted octanol–water partition coefficient (Wildman–Crippen LogP) is 7.61. The summed E-state index contributed by atoms with van der Waals surface area (Å²) < 4.78 is 5.74. The van der Waals surface area contributed by atoms with Crippen LogP contribution in [0.4, 0.5) is 0 Å². The number of aliphatic carboxylic acids is 1. The zero-order valence-electron chi connectivity index (χ0n) is 20.9.